The summed E-state index contributed by atoms with van der Waals surface area (Å²) in [5.74, 6) is 4.04. The molecule has 1 saturated carbocycles. The fourth-order valence-electron chi connectivity index (χ4n) is 3.98. The minimum Gasteiger partial charge on any atom is -0.368 e. The highest BCUT2D eigenvalue weighted by atomic mass is 15.4. The van der Waals surface area contributed by atoms with Gasteiger partial charge < -0.3 is 5.32 Å². The second-order valence-corrected chi connectivity index (χ2v) is 6.37. The Labute approximate surface area is 128 Å². The zero-order valence-corrected chi connectivity index (χ0v) is 12.4. The largest absolute Gasteiger partial charge is 0.368 e. The lowest BCUT2D eigenvalue weighted by molar-refractivity contribution is 0.715. The first-order valence-electron chi connectivity index (χ1n) is 7.82. The second kappa shape index (κ2) is 4.29. The summed E-state index contributed by atoms with van der Waals surface area (Å²) >= 11 is 0. The van der Waals surface area contributed by atoms with Crippen molar-refractivity contribution < 1.29 is 0 Å². The van der Waals surface area contributed by atoms with E-state index in [2.05, 4.69) is 44.9 Å². The third-order valence-corrected chi connectivity index (χ3v) is 5.14. The van der Waals surface area contributed by atoms with Crippen molar-refractivity contribution in [1.29, 1.82) is 0 Å². The van der Waals surface area contributed by atoms with Gasteiger partial charge in [0.25, 0.3) is 0 Å². The normalized spacial score (nSPS) is 25.0. The molecule has 0 radical (unpaired) electrons. The number of hydrogen-bond donors (Lipinski definition) is 1. The van der Waals surface area contributed by atoms with Gasteiger partial charge in [0.05, 0.1) is 0 Å². The van der Waals surface area contributed by atoms with Crippen molar-refractivity contribution in [1.82, 2.24) is 19.8 Å². The van der Waals surface area contributed by atoms with Gasteiger partial charge in [-0.15, -0.1) is 15.3 Å². The van der Waals surface area contributed by atoms with Gasteiger partial charge in [0.1, 0.15) is 5.82 Å². The number of rotatable bonds is 3. The van der Waals surface area contributed by atoms with Gasteiger partial charge in [0.15, 0.2) is 11.5 Å². The van der Waals surface area contributed by atoms with Crippen LogP contribution in [0.25, 0.3) is 5.65 Å². The summed E-state index contributed by atoms with van der Waals surface area (Å²) in [7, 11) is 0. The molecule has 22 heavy (non-hydrogen) atoms. The molecular formula is C17H17N5. The number of nitrogens with one attached hydrogen (secondary N) is 1. The lowest BCUT2D eigenvalue weighted by Crippen LogP contribution is -2.10. The van der Waals surface area contributed by atoms with Crippen LogP contribution < -0.4 is 5.32 Å². The van der Waals surface area contributed by atoms with Gasteiger partial charge in [-0.05, 0) is 54.4 Å². The van der Waals surface area contributed by atoms with E-state index in [1.807, 2.05) is 19.1 Å². The van der Waals surface area contributed by atoms with Crippen molar-refractivity contribution in [3.05, 3.63) is 53.3 Å². The zero-order chi connectivity index (χ0) is 14.7. The molecule has 1 fully saturated rings. The lowest BCUT2D eigenvalue weighted by Gasteiger charge is -2.09. The number of benzene rings is 1. The molecule has 1 N–H and O–H groups in total. The van der Waals surface area contributed by atoms with E-state index in [4.69, 9.17) is 0 Å². The molecule has 3 unspecified atom stereocenters. The highest BCUT2D eigenvalue weighted by Gasteiger charge is 2.54. The molecule has 0 saturated heterocycles. The van der Waals surface area contributed by atoms with Crippen molar-refractivity contribution in [2.45, 2.75) is 19.3 Å². The number of anilines is 1. The van der Waals surface area contributed by atoms with Gasteiger partial charge in [0.2, 0.25) is 0 Å². The van der Waals surface area contributed by atoms with Crippen LogP contribution in [0.5, 0.6) is 0 Å². The molecule has 0 amide bonds. The molecule has 110 valence electrons. The van der Waals surface area contributed by atoms with E-state index in [0.717, 1.165) is 41.6 Å². The van der Waals surface area contributed by atoms with Gasteiger partial charge in [0, 0.05) is 6.54 Å². The van der Waals surface area contributed by atoms with E-state index in [0.29, 0.717) is 0 Å². The van der Waals surface area contributed by atoms with E-state index in [1.165, 1.54) is 6.42 Å². The van der Waals surface area contributed by atoms with Gasteiger partial charge in [-0.25, -0.2) is 0 Å². The molecule has 3 aromatic rings. The molecule has 5 rings (SSSR count). The maximum atomic E-state index is 4.55. The molecule has 2 aromatic heterocycles. The van der Waals surface area contributed by atoms with Gasteiger partial charge in [-0.3, -0.25) is 0 Å². The van der Waals surface area contributed by atoms with E-state index in [9.17, 15) is 0 Å². The quantitative estimate of drug-likeness (QED) is 0.805. The lowest BCUT2D eigenvalue weighted by atomic mass is 10.0. The maximum Gasteiger partial charge on any atom is 0.178 e. The number of aromatic nitrogens is 4. The Balaban J connectivity index is 1.31. The predicted octanol–water partition coefficient (Wildman–Crippen LogP) is 2.43. The summed E-state index contributed by atoms with van der Waals surface area (Å²) in [5, 5.41) is 16.1. The van der Waals surface area contributed by atoms with Crippen LogP contribution >= 0.6 is 0 Å². The maximum absolute atomic E-state index is 4.55. The van der Waals surface area contributed by atoms with Crippen LogP contribution in [0.15, 0.2) is 36.4 Å². The number of aryl methyl sites for hydroxylation is 1. The molecule has 2 heterocycles. The SMILES string of the molecule is Cc1nnc2ccc(NCC3C4Cc5ccccc5C34)nn12. The number of nitrogens with zero attached hydrogens (tertiary/aromatic N) is 4. The van der Waals surface area contributed by atoms with Crippen LogP contribution in [0, 0.1) is 18.8 Å². The molecule has 0 aliphatic heterocycles. The van der Waals surface area contributed by atoms with Crippen LogP contribution in [0.3, 0.4) is 0 Å². The van der Waals surface area contributed by atoms with E-state index >= 15 is 0 Å². The van der Waals surface area contributed by atoms with Crippen LogP contribution in [0.4, 0.5) is 5.82 Å². The first kappa shape index (κ1) is 12.1. The minimum atomic E-state index is 0.745. The Hall–Kier alpha value is -2.43. The highest BCUT2D eigenvalue weighted by Crippen LogP contribution is 2.61. The average molecular weight is 291 g/mol. The van der Waals surface area contributed by atoms with Crippen LogP contribution in [-0.4, -0.2) is 26.4 Å². The summed E-state index contributed by atoms with van der Waals surface area (Å²) in [6.45, 7) is 2.91. The molecule has 2 aliphatic rings. The van der Waals surface area contributed by atoms with Gasteiger partial charge in [-0.1, -0.05) is 24.3 Å². The van der Waals surface area contributed by atoms with Crippen LogP contribution in [0.1, 0.15) is 22.9 Å². The summed E-state index contributed by atoms with van der Waals surface area (Å²) in [6, 6.07) is 12.8. The first-order valence-corrected chi connectivity index (χ1v) is 7.82. The topological polar surface area (TPSA) is 55.1 Å². The third-order valence-electron chi connectivity index (χ3n) is 5.14. The third kappa shape index (κ3) is 1.68. The Morgan fingerprint density at radius 1 is 1.18 bits per heavy atom. The number of fused-ring (bicyclic) bond motifs is 4. The Morgan fingerprint density at radius 3 is 3.05 bits per heavy atom. The fourth-order valence-corrected chi connectivity index (χ4v) is 3.98. The molecule has 2 aliphatic carbocycles. The Bertz CT molecular complexity index is 868. The summed E-state index contributed by atoms with van der Waals surface area (Å²) in [6.07, 6.45) is 1.24. The number of hydrogen-bond acceptors (Lipinski definition) is 4. The molecule has 5 nitrogen and oxygen atoms in total. The van der Waals surface area contributed by atoms with E-state index in [1.54, 1.807) is 15.6 Å². The van der Waals surface area contributed by atoms with Crippen molar-refractivity contribution in [2.24, 2.45) is 11.8 Å². The highest BCUT2D eigenvalue weighted by molar-refractivity contribution is 5.46. The van der Waals surface area contributed by atoms with Crippen LogP contribution in [-0.2, 0) is 6.42 Å². The Kier molecular flexibility index (Phi) is 2.37. The van der Waals surface area contributed by atoms with Gasteiger partial charge >= 0.3 is 0 Å². The van der Waals surface area contributed by atoms with Crippen molar-refractivity contribution >= 4 is 11.5 Å². The summed E-state index contributed by atoms with van der Waals surface area (Å²) < 4.78 is 1.78. The summed E-state index contributed by atoms with van der Waals surface area (Å²) in [5.41, 5.74) is 3.91. The van der Waals surface area contributed by atoms with Crippen molar-refractivity contribution in [3.63, 3.8) is 0 Å². The molecule has 0 bridgehead atoms. The predicted molar refractivity (Wildman–Crippen MR) is 83.9 cm³/mol. The molecule has 5 heteroatoms. The standard InChI is InChI=1S/C17H17N5/c1-10-19-20-16-7-6-15(21-22(10)16)18-9-14-13-8-11-4-2-3-5-12(11)17(13)14/h2-7,13-14,17H,8-9H2,1H3,(H,18,21). The first-order chi connectivity index (χ1) is 10.8. The van der Waals surface area contributed by atoms with Crippen LogP contribution in [0.2, 0.25) is 0 Å². The molecule has 3 atom stereocenters. The van der Waals surface area contributed by atoms with Gasteiger partial charge in [-0.2, -0.15) is 4.52 Å². The zero-order valence-electron chi connectivity index (χ0n) is 12.4. The van der Waals surface area contributed by atoms with E-state index in [-0.39, 0.29) is 0 Å². The smallest absolute Gasteiger partial charge is 0.178 e. The molecular weight excluding hydrogens is 274 g/mol. The van der Waals surface area contributed by atoms with E-state index < -0.39 is 0 Å². The fraction of sp³-hybridized carbons (Fsp3) is 0.353. The monoisotopic (exact) mass is 291 g/mol. The Morgan fingerprint density at radius 2 is 2.09 bits per heavy atom. The second-order valence-electron chi connectivity index (χ2n) is 6.37. The summed E-state index contributed by atoms with van der Waals surface area (Å²) in [4.78, 5) is 0. The minimum absolute atomic E-state index is 0.745. The molecule has 0 spiro atoms. The van der Waals surface area contributed by atoms with Crippen molar-refractivity contribution in [2.75, 3.05) is 11.9 Å². The van der Waals surface area contributed by atoms with Crippen molar-refractivity contribution in [3.8, 4) is 0 Å². The molecule has 1 aromatic carbocycles. The average Bonchev–Trinajstić information content (AvgIpc) is 2.89.